The van der Waals surface area contributed by atoms with Gasteiger partial charge in [0.2, 0.25) is 0 Å². The maximum atomic E-state index is 11.2. The number of hydrogen-bond acceptors (Lipinski definition) is 1. The summed E-state index contributed by atoms with van der Waals surface area (Å²) in [6.45, 7) is 1.91. The molecular weight excluding hydrogens is 239 g/mol. The van der Waals surface area contributed by atoms with Crippen molar-refractivity contribution in [3.8, 4) is 0 Å². The van der Waals surface area contributed by atoms with E-state index in [9.17, 15) is 4.79 Å². The van der Waals surface area contributed by atoms with Crippen molar-refractivity contribution in [2.45, 2.75) is 6.92 Å². The number of benzene rings is 1. The predicted molar refractivity (Wildman–Crippen MR) is 54.3 cm³/mol. The van der Waals surface area contributed by atoms with Crippen molar-refractivity contribution in [3.05, 3.63) is 34.3 Å². The van der Waals surface area contributed by atoms with E-state index in [4.69, 9.17) is 11.6 Å². The highest BCUT2D eigenvalue weighted by atomic mass is 79.9. The Kier molecular flexibility index (Phi) is 3.29. The molecule has 0 bridgehead atoms. The largest absolute Gasteiger partial charge is 0.293 e. The van der Waals surface area contributed by atoms with E-state index in [1.165, 1.54) is 0 Å². The molecule has 1 aromatic rings. The fraction of sp³-hybridized carbons (Fsp3) is 0.222. The van der Waals surface area contributed by atoms with Gasteiger partial charge in [-0.2, -0.15) is 0 Å². The zero-order chi connectivity index (χ0) is 9.14. The fourth-order valence-electron chi connectivity index (χ4n) is 0.843. The van der Waals surface area contributed by atoms with Crippen molar-refractivity contribution >= 4 is 33.3 Å². The molecule has 0 aliphatic carbocycles. The minimum absolute atomic E-state index is 0.0527. The Morgan fingerprint density at radius 2 is 2.25 bits per heavy atom. The highest BCUT2D eigenvalue weighted by Gasteiger charge is 2.04. The van der Waals surface area contributed by atoms with Crippen LogP contribution < -0.4 is 0 Å². The molecule has 0 saturated heterocycles. The summed E-state index contributed by atoms with van der Waals surface area (Å²) in [6.07, 6.45) is 0. The summed E-state index contributed by atoms with van der Waals surface area (Å²) in [6, 6.07) is 5.32. The van der Waals surface area contributed by atoms with Gasteiger partial charge in [-0.1, -0.05) is 39.7 Å². The van der Waals surface area contributed by atoms with Crippen molar-refractivity contribution in [1.82, 2.24) is 0 Å². The summed E-state index contributed by atoms with van der Waals surface area (Å²) < 4.78 is 0. The SMILES string of the molecule is Cc1ccc(C(=O)CBr)cc1Cl. The average molecular weight is 248 g/mol. The maximum absolute atomic E-state index is 11.2. The molecule has 0 amide bonds. The molecule has 1 rings (SSSR count). The average Bonchev–Trinajstić information content (AvgIpc) is 2.08. The van der Waals surface area contributed by atoms with Gasteiger partial charge in [-0.15, -0.1) is 0 Å². The van der Waals surface area contributed by atoms with Gasteiger partial charge >= 0.3 is 0 Å². The van der Waals surface area contributed by atoms with E-state index in [0.29, 0.717) is 15.9 Å². The van der Waals surface area contributed by atoms with Crippen molar-refractivity contribution < 1.29 is 4.79 Å². The summed E-state index contributed by atoms with van der Waals surface area (Å²) >= 11 is 8.95. The van der Waals surface area contributed by atoms with Crippen molar-refractivity contribution in [3.63, 3.8) is 0 Å². The van der Waals surface area contributed by atoms with Crippen LogP contribution >= 0.6 is 27.5 Å². The molecule has 0 radical (unpaired) electrons. The van der Waals surface area contributed by atoms with Crippen LogP contribution in [0.5, 0.6) is 0 Å². The first-order valence-corrected chi connectivity index (χ1v) is 5.00. The number of carbonyl (C=O) groups excluding carboxylic acids is 1. The van der Waals surface area contributed by atoms with Gasteiger partial charge in [-0.05, 0) is 18.6 Å². The normalized spacial score (nSPS) is 9.92. The van der Waals surface area contributed by atoms with Gasteiger partial charge < -0.3 is 0 Å². The van der Waals surface area contributed by atoms with Crippen LogP contribution in [0.4, 0.5) is 0 Å². The summed E-state index contributed by atoms with van der Waals surface area (Å²) in [4.78, 5) is 11.2. The molecule has 0 aliphatic heterocycles. The first kappa shape index (κ1) is 9.75. The quantitative estimate of drug-likeness (QED) is 0.579. The molecule has 1 aromatic carbocycles. The number of rotatable bonds is 2. The molecule has 0 heterocycles. The second kappa shape index (κ2) is 4.06. The molecule has 3 heteroatoms. The van der Waals surface area contributed by atoms with Crippen molar-refractivity contribution in [2.75, 3.05) is 5.33 Å². The van der Waals surface area contributed by atoms with Crippen LogP contribution in [0, 0.1) is 6.92 Å². The van der Waals surface area contributed by atoms with E-state index in [1.807, 2.05) is 13.0 Å². The lowest BCUT2D eigenvalue weighted by atomic mass is 10.1. The third-order valence-electron chi connectivity index (χ3n) is 1.62. The fourth-order valence-corrected chi connectivity index (χ4v) is 1.35. The highest BCUT2D eigenvalue weighted by Crippen LogP contribution is 2.17. The highest BCUT2D eigenvalue weighted by molar-refractivity contribution is 9.09. The molecule has 1 nitrogen and oxygen atoms in total. The van der Waals surface area contributed by atoms with Crippen molar-refractivity contribution in [1.29, 1.82) is 0 Å². The van der Waals surface area contributed by atoms with Crippen LogP contribution in [-0.2, 0) is 0 Å². The van der Waals surface area contributed by atoms with Gasteiger partial charge in [0.05, 0.1) is 5.33 Å². The lowest BCUT2D eigenvalue weighted by Crippen LogP contribution is -1.99. The van der Waals surface area contributed by atoms with Crippen LogP contribution in [-0.4, -0.2) is 11.1 Å². The molecule has 0 spiro atoms. The van der Waals surface area contributed by atoms with Gasteiger partial charge in [0.15, 0.2) is 5.78 Å². The standard InChI is InChI=1S/C9H8BrClO/c1-6-2-3-7(4-8(6)11)9(12)5-10/h2-4H,5H2,1H3. The van der Waals surface area contributed by atoms with E-state index >= 15 is 0 Å². The second-order valence-corrected chi connectivity index (χ2v) is 3.49. The van der Waals surface area contributed by atoms with E-state index < -0.39 is 0 Å². The summed E-state index contributed by atoms with van der Waals surface area (Å²) in [5, 5.41) is 0.980. The molecule has 0 unspecified atom stereocenters. The zero-order valence-electron chi connectivity index (χ0n) is 6.60. The summed E-state index contributed by atoms with van der Waals surface area (Å²) in [5.74, 6) is 0.0527. The molecule has 0 fully saturated rings. The predicted octanol–water partition coefficient (Wildman–Crippen LogP) is 3.23. The van der Waals surface area contributed by atoms with Crippen LogP contribution in [0.2, 0.25) is 5.02 Å². The van der Waals surface area contributed by atoms with Crippen LogP contribution in [0.15, 0.2) is 18.2 Å². The number of ketones is 1. The summed E-state index contributed by atoms with van der Waals surface area (Å²) in [5.41, 5.74) is 1.64. The Labute approximate surface area is 84.9 Å². The lowest BCUT2D eigenvalue weighted by Gasteiger charge is -2.00. The topological polar surface area (TPSA) is 17.1 Å². The van der Waals surface area contributed by atoms with E-state index in [0.717, 1.165) is 5.56 Å². The van der Waals surface area contributed by atoms with Crippen LogP contribution in [0.1, 0.15) is 15.9 Å². The molecule has 12 heavy (non-hydrogen) atoms. The number of alkyl halides is 1. The first-order chi connectivity index (χ1) is 5.65. The van der Waals surface area contributed by atoms with E-state index in [2.05, 4.69) is 15.9 Å². The zero-order valence-corrected chi connectivity index (χ0v) is 8.95. The Morgan fingerprint density at radius 1 is 1.58 bits per heavy atom. The second-order valence-electron chi connectivity index (χ2n) is 2.52. The van der Waals surface area contributed by atoms with Crippen molar-refractivity contribution in [2.24, 2.45) is 0 Å². The molecule has 64 valence electrons. The summed E-state index contributed by atoms with van der Waals surface area (Å²) in [7, 11) is 0. The Hall–Kier alpha value is -0.340. The molecule has 0 atom stereocenters. The van der Waals surface area contributed by atoms with Gasteiger partial charge in [0.1, 0.15) is 0 Å². The van der Waals surface area contributed by atoms with Gasteiger partial charge in [-0.3, -0.25) is 4.79 Å². The van der Waals surface area contributed by atoms with E-state index in [1.54, 1.807) is 12.1 Å². The van der Waals surface area contributed by atoms with Gasteiger partial charge in [0, 0.05) is 10.6 Å². The number of Topliss-reactive ketones (excluding diaryl/α,β-unsaturated/α-hetero) is 1. The molecular formula is C9H8BrClO. The minimum atomic E-state index is 0.0527. The number of aryl methyl sites for hydroxylation is 1. The smallest absolute Gasteiger partial charge is 0.173 e. The maximum Gasteiger partial charge on any atom is 0.173 e. The molecule has 0 aliphatic rings. The minimum Gasteiger partial charge on any atom is -0.293 e. The van der Waals surface area contributed by atoms with Gasteiger partial charge in [0.25, 0.3) is 0 Å². The molecule has 0 N–H and O–H groups in total. The molecule has 0 saturated carbocycles. The lowest BCUT2D eigenvalue weighted by molar-refractivity contribution is 0.102. The number of hydrogen-bond donors (Lipinski definition) is 0. The van der Waals surface area contributed by atoms with Gasteiger partial charge in [-0.25, -0.2) is 0 Å². The third kappa shape index (κ3) is 2.08. The Balaban J connectivity index is 3.05. The Morgan fingerprint density at radius 3 is 2.75 bits per heavy atom. The van der Waals surface area contributed by atoms with Crippen LogP contribution in [0.3, 0.4) is 0 Å². The monoisotopic (exact) mass is 246 g/mol. The first-order valence-electron chi connectivity index (χ1n) is 3.50. The third-order valence-corrected chi connectivity index (χ3v) is 2.53. The molecule has 0 aromatic heterocycles. The number of halogens is 2. The number of carbonyl (C=O) groups is 1. The Bertz CT molecular complexity index is 309. The van der Waals surface area contributed by atoms with Crippen LogP contribution in [0.25, 0.3) is 0 Å². The van der Waals surface area contributed by atoms with E-state index in [-0.39, 0.29) is 5.78 Å².